The topological polar surface area (TPSA) is 0 Å². The van der Waals surface area contributed by atoms with Crippen LogP contribution in [0.3, 0.4) is 0 Å². The molecule has 0 atom stereocenters. The van der Waals surface area contributed by atoms with Crippen molar-refractivity contribution < 1.29 is 0 Å². The van der Waals surface area contributed by atoms with Gasteiger partial charge in [0.15, 0.2) is 0 Å². The number of rotatable bonds is 0. The Bertz CT molecular complexity index is 60.7. The first-order valence-electron chi connectivity index (χ1n) is 1.67. The Balaban J connectivity index is 0. The predicted octanol–water partition coefficient (Wildman–Crippen LogP) is 1.47. The van der Waals surface area contributed by atoms with Gasteiger partial charge in [-0.3, -0.25) is 0 Å². The largest absolute Gasteiger partial charge is 2.00 e. The molecule has 0 amide bonds. The van der Waals surface area contributed by atoms with Crippen LogP contribution in [0.4, 0.5) is 0 Å². The van der Waals surface area contributed by atoms with E-state index in [9.17, 15) is 0 Å². The van der Waals surface area contributed by atoms with Gasteiger partial charge in [0.25, 0.3) is 0 Å². The fourth-order valence-corrected chi connectivity index (χ4v) is 0.321. The minimum Gasteiger partial charge on any atom is -0.358 e. The Labute approximate surface area is 48.8 Å². The molecule has 1 heteroatoms. The van der Waals surface area contributed by atoms with Crippen molar-refractivity contribution in [1.82, 2.24) is 0 Å². The Morgan fingerprint density at radius 3 is 1.57 bits per heavy atom. The van der Waals surface area contributed by atoms with E-state index in [1.807, 2.05) is 30.3 Å². The van der Waals surface area contributed by atoms with E-state index in [1.54, 1.807) is 0 Å². The average molecular weight is 89.1 g/mol. The monoisotopic (exact) mass is 89.1 g/mol. The standard InChI is InChI=1S/C5H5.CH3.Be/c1-2-4-5-3-1;;/h1-5H;1H3;/q2*-1;+2. The first kappa shape index (κ1) is 9.72. The third-order valence-electron chi connectivity index (χ3n) is 0.556. The zero-order chi connectivity index (χ0) is 3.54. The van der Waals surface area contributed by atoms with Gasteiger partial charge < -0.3 is 7.43 Å². The molecule has 0 bridgehead atoms. The summed E-state index contributed by atoms with van der Waals surface area (Å²) in [5, 5.41) is 0. The molecule has 0 heterocycles. The van der Waals surface area contributed by atoms with Crippen LogP contribution in [0, 0.1) is 7.43 Å². The molecule has 0 saturated carbocycles. The summed E-state index contributed by atoms with van der Waals surface area (Å²) >= 11 is 0. The zero-order valence-electron chi connectivity index (χ0n) is 4.59. The molecule has 0 aliphatic rings. The van der Waals surface area contributed by atoms with E-state index in [1.165, 1.54) is 0 Å². The summed E-state index contributed by atoms with van der Waals surface area (Å²) in [6, 6.07) is 10.0. The van der Waals surface area contributed by atoms with Crippen molar-refractivity contribution in [3.05, 3.63) is 37.8 Å². The van der Waals surface area contributed by atoms with Crippen molar-refractivity contribution in [2.24, 2.45) is 0 Å². The Morgan fingerprint density at radius 2 is 1.43 bits per heavy atom. The van der Waals surface area contributed by atoms with Crippen molar-refractivity contribution in [2.75, 3.05) is 0 Å². The Morgan fingerprint density at radius 1 is 1.00 bits per heavy atom. The molecule has 1 rings (SSSR count). The number of hydrogen-bond donors (Lipinski definition) is 0. The zero-order valence-corrected chi connectivity index (χ0v) is 4.59. The molecule has 0 unspecified atom stereocenters. The summed E-state index contributed by atoms with van der Waals surface area (Å²) in [5.74, 6) is 0. The summed E-state index contributed by atoms with van der Waals surface area (Å²) in [7, 11) is 0. The van der Waals surface area contributed by atoms with Crippen LogP contribution < -0.4 is 0 Å². The maximum Gasteiger partial charge on any atom is 2.00 e. The molecular weight excluding hydrogens is 81.1 g/mol. The van der Waals surface area contributed by atoms with Crippen molar-refractivity contribution in [2.45, 2.75) is 0 Å². The summed E-state index contributed by atoms with van der Waals surface area (Å²) in [5.41, 5.74) is 0. The number of hydrogen-bond acceptors (Lipinski definition) is 0. The summed E-state index contributed by atoms with van der Waals surface area (Å²) < 4.78 is 0. The van der Waals surface area contributed by atoms with Gasteiger partial charge in [-0.15, -0.1) is 0 Å². The van der Waals surface area contributed by atoms with Crippen molar-refractivity contribution in [3.8, 4) is 0 Å². The van der Waals surface area contributed by atoms with E-state index in [0.29, 0.717) is 0 Å². The second-order valence-electron chi connectivity index (χ2n) is 0.962. The van der Waals surface area contributed by atoms with Gasteiger partial charge in [-0.1, -0.05) is 0 Å². The first-order chi connectivity index (χ1) is 2.50. The van der Waals surface area contributed by atoms with Gasteiger partial charge in [0.2, 0.25) is 0 Å². The molecule has 34 valence electrons. The average Bonchev–Trinajstić information content (AvgIpc) is 1.76. The summed E-state index contributed by atoms with van der Waals surface area (Å²) in [4.78, 5) is 0. The van der Waals surface area contributed by atoms with E-state index in [0.717, 1.165) is 0 Å². The van der Waals surface area contributed by atoms with Crippen molar-refractivity contribution in [1.29, 1.82) is 0 Å². The molecule has 7 heavy (non-hydrogen) atoms. The van der Waals surface area contributed by atoms with E-state index in [2.05, 4.69) is 0 Å². The van der Waals surface area contributed by atoms with Crippen LogP contribution in [0.5, 0.6) is 0 Å². The molecule has 1 aromatic rings. The molecule has 0 aromatic heterocycles. The van der Waals surface area contributed by atoms with E-state index in [4.69, 9.17) is 0 Å². The quantitative estimate of drug-likeness (QED) is 0.333. The van der Waals surface area contributed by atoms with Crippen LogP contribution in [0.2, 0.25) is 0 Å². The molecule has 0 spiro atoms. The molecule has 0 nitrogen and oxygen atoms in total. The van der Waals surface area contributed by atoms with Crippen LogP contribution in [0.1, 0.15) is 0 Å². The SMILES string of the molecule is [Be+2].[CH3-].c1cc[cH-]c1. The second kappa shape index (κ2) is 5.52. The molecule has 0 fully saturated rings. The van der Waals surface area contributed by atoms with Gasteiger partial charge >= 0.3 is 10.1 Å². The minimum absolute atomic E-state index is 0. The van der Waals surface area contributed by atoms with Gasteiger partial charge in [0, 0.05) is 0 Å². The Kier molecular flexibility index (Phi) is 7.67. The maximum absolute atomic E-state index is 2.00. The molecule has 0 aliphatic carbocycles. The van der Waals surface area contributed by atoms with E-state index in [-0.39, 0.29) is 17.5 Å². The van der Waals surface area contributed by atoms with Crippen LogP contribution in [-0.4, -0.2) is 10.1 Å². The van der Waals surface area contributed by atoms with Gasteiger partial charge in [-0.05, 0) is 0 Å². The van der Waals surface area contributed by atoms with Crippen LogP contribution in [-0.2, 0) is 0 Å². The van der Waals surface area contributed by atoms with Gasteiger partial charge in [-0.25, -0.2) is 12.1 Å². The van der Waals surface area contributed by atoms with Crippen molar-refractivity contribution >= 4 is 10.1 Å². The fraction of sp³-hybridized carbons (Fsp3) is 0. The van der Waals surface area contributed by atoms with Crippen LogP contribution >= 0.6 is 0 Å². The normalized spacial score (nSPS) is 5.71. The second-order valence-corrected chi connectivity index (χ2v) is 0.962. The summed E-state index contributed by atoms with van der Waals surface area (Å²) in [6.07, 6.45) is 0. The maximum atomic E-state index is 2.00. The molecule has 0 saturated heterocycles. The van der Waals surface area contributed by atoms with E-state index >= 15 is 0 Å². The molecule has 0 aliphatic heterocycles. The first-order valence-corrected chi connectivity index (χ1v) is 1.67. The molecule has 1 aromatic carbocycles. The minimum atomic E-state index is 0. The predicted molar refractivity (Wildman–Crippen MR) is 34.2 cm³/mol. The van der Waals surface area contributed by atoms with Gasteiger partial charge in [0.05, 0.1) is 0 Å². The molecule has 0 radical (unpaired) electrons. The third kappa shape index (κ3) is 3.35. The van der Waals surface area contributed by atoms with Crippen LogP contribution in [0.25, 0.3) is 0 Å². The van der Waals surface area contributed by atoms with E-state index < -0.39 is 0 Å². The smallest absolute Gasteiger partial charge is 0.358 e. The third-order valence-corrected chi connectivity index (χ3v) is 0.556. The van der Waals surface area contributed by atoms with Crippen molar-refractivity contribution in [3.63, 3.8) is 0 Å². The summed E-state index contributed by atoms with van der Waals surface area (Å²) in [6.45, 7) is 0. The van der Waals surface area contributed by atoms with Crippen LogP contribution in [0.15, 0.2) is 30.3 Å². The van der Waals surface area contributed by atoms with Gasteiger partial charge in [-0.2, -0.15) is 18.2 Å². The van der Waals surface area contributed by atoms with Gasteiger partial charge in [0.1, 0.15) is 0 Å². The fourth-order valence-electron chi connectivity index (χ4n) is 0.321. The Hall–Kier alpha value is -0.481. The molecular formula is C6H8Be. The molecule has 0 N–H and O–H groups in total.